The van der Waals surface area contributed by atoms with E-state index in [2.05, 4.69) is 30.4 Å². The third-order valence-corrected chi connectivity index (χ3v) is 10.9. The molecule has 3 aliphatic rings. The van der Waals surface area contributed by atoms with E-state index in [9.17, 15) is 37.2 Å². The average molecular weight is 831 g/mol. The number of ether oxygens (including phenoxy) is 3. The second-order valence-corrected chi connectivity index (χ2v) is 15.5. The molecule has 5 N–H and O–H groups in total. The molecule has 4 heterocycles. The Labute approximate surface area is 338 Å². The number of amides is 6. The van der Waals surface area contributed by atoms with E-state index in [0.29, 0.717) is 28.2 Å². The van der Waals surface area contributed by atoms with Gasteiger partial charge in [-0.05, 0) is 62.1 Å². The number of aromatic nitrogens is 2. The number of nitrogens with one attached hydrogen (secondary N) is 5. The van der Waals surface area contributed by atoms with Crippen LogP contribution < -0.4 is 30.1 Å². The van der Waals surface area contributed by atoms with Crippen molar-refractivity contribution in [2.24, 2.45) is 0 Å². The molecular formula is C39H42N8O11S. The molecule has 1 saturated heterocycles. The lowest BCUT2D eigenvalue weighted by molar-refractivity contribution is -0.136. The highest BCUT2D eigenvalue weighted by molar-refractivity contribution is 7.90. The maximum atomic E-state index is 13.2. The van der Waals surface area contributed by atoms with Gasteiger partial charge in [-0.15, -0.1) is 0 Å². The minimum atomic E-state index is -3.93. The third kappa shape index (κ3) is 9.91. The molecule has 6 amide bonds. The molecule has 1 saturated carbocycles. The Morgan fingerprint density at radius 2 is 1.66 bits per heavy atom. The smallest absolute Gasteiger partial charge is 0.299 e. The average Bonchev–Trinajstić information content (AvgIpc) is 3.74. The van der Waals surface area contributed by atoms with E-state index >= 15 is 0 Å². The molecule has 2 aromatic heterocycles. The monoisotopic (exact) mass is 830 g/mol. The molecule has 59 heavy (non-hydrogen) atoms. The highest BCUT2D eigenvalue weighted by Crippen LogP contribution is 2.33. The van der Waals surface area contributed by atoms with Gasteiger partial charge in [0.1, 0.15) is 17.4 Å². The highest BCUT2D eigenvalue weighted by Gasteiger charge is 2.46. The quantitative estimate of drug-likeness (QED) is 0.0661. The number of benzene rings is 2. The Hall–Kier alpha value is -6.22. The number of hydrogen-bond donors (Lipinski definition) is 5. The van der Waals surface area contributed by atoms with Crippen LogP contribution in [0.4, 0.5) is 5.69 Å². The number of anilines is 1. The van der Waals surface area contributed by atoms with Crippen molar-refractivity contribution in [1.82, 2.24) is 35.0 Å². The van der Waals surface area contributed by atoms with Crippen LogP contribution in [0.3, 0.4) is 0 Å². The van der Waals surface area contributed by atoms with Gasteiger partial charge < -0.3 is 29.2 Å². The topological polar surface area (TPSA) is 245 Å². The fraction of sp³-hybridized carbons (Fsp3) is 0.359. The van der Waals surface area contributed by atoms with Crippen LogP contribution in [0.2, 0.25) is 0 Å². The van der Waals surface area contributed by atoms with Crippen LogP contribution in [0.5, 0.6) is 5.75 Å². The molecule has 7 rings (SSSR count). The first-order valence-corrected chi connectivity index (χ1v) is 20.5. The zero-order valence-corrected chi connectivity index (χ0v) is 32.5. The number of imidazole rings is 1. The van der Waals surface area contributed by atoms with Crippen LogP contribution in [0.15, 0.2) is 67.0 Å². The molecule has 2 aromatic carbocycles. The third-order valence-electron chi connectivity index (χ3n) is 9.83. The molecule has 0 bridgehead atoms. The molecule has 2 aliphatic heterocycles. The standard InChI is InChI=1S/C39H42N8O11S/c48-33-13-11-30(37(51)44-33)47-38(52)28-8-3-9-31(35(28)39(47)53)58-23-34(49)40-14-16-56-18-19-57-17-15-41-59(54,55)45-27-7-1-4-24(20-27)29-22-46-21-25(10-12-32(46)43-29)36(50)42-26-5-2-6-26/h1,3-4,7-10,12,20-22,26,30,41,45H,2,5-6,11,13-19,23H2,(H,40,49)(H,42,50)(H,44,48,51). The van der Waals surface area contributed by atoms with Crippen molar-refractivity contribution in [3.05, 3.63) is 83.7 Å². The Bertz CT molecular complexity index is 2400. The molecule has 1 unspecified atom stereocenters. The predicted octanol–water partition coefficient (Wildman–Crippen LogP) is 1.16. The number of hydrogen-bond acceptors (Lipinski definition) is 12. The lowest BCUT2D eigenvalue weighted by Crippen LogP contribution is -2.54. The molecule has 0 radical (unpaired) electrons. The zero-order valence-electron chi connectivity index (χ0n) is 31.7. The molecule has 4 aromatic rings. The summed E-state index contributed by atoms with van der Waals surface area (Å²) in [6.07, 6.45) is 6.62. The van der Waals surface area contributed by atoms with Crippen LogP contribution in [-0.2, 0) is 34.1 Å². The number of nitrogens with zero attached hydrogens (tertiary/aromatic N) is 3. The fourth-order valence-electron chi connectivity index (χ4n) is 6.65. The van der Waals surface area contributed by atoms with E-state index in [0.717, 1.165) is 24.2 Å². The first-order valence-electron chi connectivity index (χ1n) is 19.0. The van der Waals surface area contributed by atoms with Crippen molar-refractivity contribution in [1.29, 1.82) is 0 Å². The van der Waals surface area contributed by atoms with Gasteiger partial charge in [-0.25, -0.2) is 4.98 Å². The van der Waals surface area contributed by atoms with Gasteiger partial charge in [0.05, 0.1) is 54.5 Å². The van der Waals surface area contributed by atoms with Crippen molar-refractivity contribution in [3.63, 3.8) is 0 Å². The zero-order chi connectivity index (χ0) is 41.5. The normalized spacial score (nSPS) is 16.7. The van der Waals surface area contributed by atoms with Gasteiger partial charge in [-0.1, -0.05) is 18.2 Å². The Balaban J connectivity index is 0.765. The maximum absolute atomic E-state index is 13.2. The number of rotatable bonds is 19. The summed E-state index contributed by atoms with van der Waals surface area (Å²) >= 11 is 0. The summed E-state index contributed by atoms with van der Waals surface area (Å²) in [5.41, 5.74) is 2.76. The molecular weight excluding hydrogens is 789 g/mol. The number of fused-ring (bicyclic) bond motifs is 2. The van der Waals surface area contributed by atoms with Crippen LogP contribution >= 0.6 is 0 Å². The van der Waals surface area contributed by atoms with E-state index < -0.39 is 52.4 Å². The first-order chi connectivity index (χ1) is 28.5. The SMILES string of the molecule is O=C(COc1cccc2c1C(=O)N(C1CCC(=O)NC1=O)C2=O)NCCOCCOCCNS(=O)(=O)Nc1cccc(-c2cn3cc(C(=O)NC4CCC4)ccc3n2)c1. The molecule has 310 valence electrons. The highest BCUT2D eigenvalue weighted by atomic mass is 32.2. The van der Waals surface area contributed by atoms with Crippen LogP contribution in [0.25, 0.3) is 16.9 Å². The number of piperidine rings is 1. The molecule has 1 aliphatic carbocycles. The summed E-state index contributed by atoms with van der Waals surface area (Å²) < 4.78 is 48.5. The fourth-order valence-corrected chi connectivity index (χ4v) is 7.51. The second-order valence-electron chi connectivity index (χ2n) is 14.0. The van der Waals surface area contributed by atoms with Gasteiger partial charge in [0.2, 0.25) is 11.8 Å². The van der Waals surface area contributed by atoms with Gasteiger partial charge >= 0.3 is 0 Å². The summed E-state index contributed by atoms with van der Waals surface area (Å²) in [7, 11) is -3.93. The summed E-state index contributed by atoms with van der Waals surface area (Å²) in [5.74, 6) is -3.27. The van der Waals surface area contributed by atoms with Gasteiger partial charge in [-0.2, -0.15) is 13.1 Å². The Morgan fingerprint density at radius 3 is 2.42 bits per heavy atom. The second kappa shape index (κ2) is 18.1. The first kappa shape index (κ1) is 41.0. The number of carbonyl (C=O) groups is 6. The molecule has 0 spiro atoms. The van der Waals surface area contributed by atoms with E-state index in [4.69, 9.17) is 14.2 Å². The van der Waals surface area contributed by atoms with E-state index in [1.807, 2.05) is 6.07 Å². The number of pyridine rings is 1. The maximum Gasteiger partial charge on any atom is 0.299 e. The molecule has 2 fully saturated rings. The molecule has 1 atom stereocenters. The molecule has 20 heteroatoms. The van der Waals surface area contributed by atoms with Gasteiger partial charge in [0.25, 0.3) is 33.8 Å². The van der Waals surface area contributed by atoms with Crippen molar-refractivity contribution in [3.8, 4) is 17.0 Å². The van der Waals surface area contributed by atoms with E-state index in [1.54, 1.807) is 47.1 Å². The predicted molar refractivity (Wildman–Crippen MR) is 210 cm³/mol. The number of imide groups is 2. The molecule has 19 nitrogen and oxygen atoms in total. The Morgan fingerprint density at radius 1 is 0.881 bits per heavy atom. The summed E-state index contributed by atoms with van der Waals surface area (Å²) in [6, 6.07) is 13.7. The lowest BCUT2D eigenvalue weighted by atomic mass is 9.93. The van der Waals surface area contributed by atoms with Gasteiger partial charge in [-0.3, -0.25) is 43.7 Å². The largest absolute Gasteiger partial charge is 0.483 e. The summed E-state index contributed by atoms with van der Waals surface area (Å²) in [5, 5.41) is 7.78. The summed E-state index contributed by atoms with van der Waals surface area (Å²) in [6.45, 7) is 0.240. The van der Waals surface area contributed by atoms with Crippen molar-refractivity contribution in [2.45, 2.75) is 44.2 Å². The van der Waals surface area contributed by atoms with Crippen LogP contribution in [-0.4, -0.2) is 116 Å². The minimum absolute atomic E-state index is 0.00644. The van der Waals surface area contributed by atoms with E-state index in [1.165, 1.54) is 18.2 Å². The van der Waals surface area contributed by atoms with E-state index in [-0.39, 0.29) is 81.2 Å². The van der Waals surface area contributed by atoms with Crippen molar-refractivity contribution >= 4 is 57.0 Å². The van der Waals surface area contributed by atoms with Gasteiger partial charge in [0.15, 0.2) is 6.61 Å². The number of carbonyl (C=O) groups excluding carboxylic acids is 6. The Kier molecular flexibility index (Phi) is 12.6. The van der Waals surface area contributed by atoms with Crippen molar-refractivity contribution in [2.75, 3.05) is 50.8 Å². The lowest BCUT2D eigenvalue weighted by Gasteiger charge is -2.27. The van der Waals surface area contributed by atoms with Crippen LogP contribution in [0, 0.1) is 0 Å². The van der Waals surface area contributed by atoms with Crippen molar-refractivity contribution < 1.29 is 51.4 Å². The van der Waals surface area contributed by atoms with Gasteiger partial charge in [0, 0.05) is 43.5 Å². The van der Waals surface area contributed by atoms with Crippen LogP contribution in [0.1, 0.15) is 63.2 Å². The summed E-state index contributed by atoms with van der Waals surface area (Å²) in [4.78, 5) is 80.4. The minimum Gasteiger partial charge on any atom is -0.483 e.